The number of aromatic nitrogens is 1. The van der Waals surface area contributed by atoms with Gasteiger partial charge in [0.2, 0.25) is 0 Å². The molecule has 1 saturated carbocycles. The smallest absolute Gasteiger partial charge is 0.252 e. The van der Waals surface area contributed by atoms with Crippen LogP contribution in [0.3, 0.4) is 0 Å². The van der Waals surface area contributed by atoms with Crippen LogP contribution in [0.5, 0.6) is 0 Å². The van der Waals surface area contributed by atoms with E-state index < -0.39 is 0 Å². The number of rotatable bonds is 5. The first-order valence-corrected chi connectivity index (χ1v) is 9.53. The SMILES string of the molecule is CC[C@H](OC1CCCC1)C(=O)N1CCCC[C@@H]1c1nccs1. The molecule has 1 aliphatic heterocycles. The van der Waals surface area contributed by atoms with Gasteiger partial charge in [0.15, 0.2) is 0 Å². The Morgan fingerprint density at radius 2 is 2.14 bits per heavy atom. The molecule has 0 radical (unpaired) electrons. The summed E-state index contributed by atoms with van der Waals surface area (Å²) in [5.41, 5.74) is 0. The number of carbonyl (C=O) groups is 1. The lowest BCUT2D eigenvalue weighted by Gasteiger charge is -2.37. The summed E-state index contributed by atoms with van der Waals surface area (Å²) in [5.74, 6) is 0.175. The largest absolute Gasteiger partial charge is 0.365 e. The van der Waals surface area contributed by atoms with E-state index in [1.807, 2.05) is 16.5 Å². The topological polar surface area (TPSA) is 42.4 Å². The second kappa shape index (κ2) is 7.55. The molecule has 1 saturated heterocycles. The van der Waals surface area contributed by atoms with Crippen LogP contribution in [0.4, 0.5) is 0 Å². The molecular weight excluding hydrogens is 296 g/mol. The minimum Gasteiger partial charge on any atom is -0.365 e. The molecule has 5 heteroatoms. The second-order valence-electron chi connectivity index (χ2n) is 6.35. The quantitative estimate of drug-likeness (QED) is 0.825. The number of likely N-dealkylation sites (tertiary alicyclic amines) is 1. The maximum Gasteiger partial charge on any atom is 0.252 e. The van der Waals surface area contributed by atoms with Crippen molar-refractivity contribution in [2.24, 2.45) is 0 Å². The van der Waals surface area contributed by atoms with Crippen LogP contribution in [0.1, 0.15) is 69.3 Å². The molecule has 2 fully saturated rings. The fraction of sp³-hybridized carbons (Fsp3) is 0.765. The summed E-state index contributed by atoms with van der Waals surface area (Å²) in [6.07, 6.45) is 10.6. The van der Waals surface area contributed by atoms with Crippen molar-refractivity contribution in [1.82, 2.24) is 9.88 Å². The first-order chi connectivity index (χ1) is 10.8. The predicted molar refractivity (Wildman–Crippen MR) is 87.8 cm³/mol. The van der Waals surface area contributed by atoms with E-state index in [2.05, 4.69) is 11.9 Å². The molecule has 0 N–H and O–H groups in total. The van der Waals surface area contributed by atoms with Crippen LogP contribution in [0.2, 0.25) is 0 Å². The fourth-order valence-corrected chi connectivity index (χ4v) is 4.41. The number of thiazole rings is 1. The monoisotopic (exact) mass is 322 g/mol. The predicted octanol–water partition coefficient (Wildman–Crippen LogP) is 3.93. The van der Waals surface area contributed by atoms with Crippen molar-refractivity contribution in [3.63, 3.8) is 0 Å². The molecule has 2 aliphatic rings. The maximum absolute atomic E-state index is 13.0. The zero-order valence-corrected chi connectivity index (χ0v) is 14.2. The van der Waals surface area contributed by atoms with Crippen LogP contribution in [-0.4, -0.2) is 34.5 Å². The summed E-state index contributed by atoms with van der Waals surface area (Å²) < 4.78 is 6.13. The van der Waals surface area contributed by atoms with Crippen molar-refractivity contribution in [3.05, 3.63) is 16.6 Å². The van der Waals surface area contributed by atoms with Gasteiger partial charge in [-0.15, -0.1) is 11.3 Å². The Kier molecular flexibility index (Phi) is 5.47. The Bertz CT molecular complexity index is 471. The van der Waals surface area contributed by atoms with E-state index in [0.717, 1.165) is 43.7 Å². The molecular formula is C17H26N2O2S. The van der Waals surface area contributed by atoms with Crippen LogP contribution < -0.4 is 0 Å². The second-order valence-corrected chi connectivity index (χ2v) is 7.28. The van der Waals surface area contributed by atoms with Gasteiger partial charge >= 0.3 is 0 Å². The van der Waals surface area contributed by atoms with Gasteiger partial charge in [-0.1, -0.05) is 19.8 Å². The Morgan fingerprint density at radius 3 is 2.82 bits per heavy atom. The van der Waals surface area contributed by atoms with E-state index in [1.165, 1.54) is 19.3 Å². The normalized spacial score (nSPS) is 24.6. The van der Waals surface area contributed by atoms with E-state index in [4.69, 9.17) is 4.74 Å². The van der Waals surface area contributed by atoms with Crippen LogP contribution in [-0.2, 0) is 9.53 Å². The lowest BCUT2D eigenvalue weighted by molar-refractivity contribution is -0.151. The lowest BCUT2D eigenvalue weighted by Crippen LogP contribution is -2.45. The Labute approximate surface area is 136 Å². The van der Waals surface area contributed by atoms with Gasteiger partial charge in [-0.05, 0) is 38.5 Å². The molecule has 4 nitrogen and oxygen atoms in total. The zero-order valence-electron chi connectivity index (χ0n) is 13.4. The van der Waals surface area contributed by atoms with Gasteiger partial charge in [-0.2, -0.15) is 0 Å². The molecule has 1 aromatic rings. The Balaban J connectivity index is 1.69. The Morgan fingerprint density at radius 1 is 1.36 bits per heavy atom. The van der Waals surface area contributed by atoms with E-state index in [0.29, 0.717) is 0 Å². The van der Waals surface area contributed by atoms with Gasteiger partial charge in [0, 0.05) is 18.1 Å². The zero-order chi connectivity index (χ0) is 15.4. The fourth-order valence-electron chi connectivity index (χ4n) is 3.62. The van der Waals surface area contributed by atoms with E-state index >= 15 is 0 Å². The number of amides is 1. The number of ether oxygens (including phenoxy) is 1. The average Bonchev–Trinajstić information content (AvgIpc) is 3.25. The highest BCUT2D eigenvalue weighted by Crippen LogP contribution is 2.33. The number of nitrogens with zero attached hydrogens (tertiary/aromatic N) is 2. The molecule has 2 heterocycles. The minimum atomic E-state index is -0.274. The van der Waals surface area contributed by atoms with Crippen molar-refractivity contribution in [2.75, 3.05) is 6.54 Å². The lowest BCUT2D eigenvalue weighted by atomic mass is 10.0. The van der Waals surface area contributed by atoms with Crippen molar-refractivity contribution in [1.29, 1.82) is 0 Å². The minimum absolute atomic E-state index is 0.155. The summed E-state index contributed by atoms with van der Waals surface area (Å²) in [7, 11) is 0. The summed E-state index contributed by atoms with van der Waals surface area (Å²) in [4.78, 5) is 19.5. The Hall–Kier alpha value is -0.940. The van der Waals surface area contributed by atoms with Crippen LogP contribution in [0, 0.1) is 0 Å². The molecule has 0 bridgehead atoms. The molecule has 2 atom stereocenters. The van der Waals surface area contributed by atoms with Crippen LogP contribution >= 0.6 is 11.3 Å². The number of hydrogen-bond acceptors (Lipinski definition) is 4. The first-order valence-electron chi connectivity index (χ1n) is 8.65. The molecule has 1 aliphatic carbocycles. The van der Waals surface area contributed by atoms with Crippen molar-refractivity contribution < 1.29 is 9.53 Å². The first kappa shape index (κ1) is 15.9. The highest BCUT2D eigenvalue weighted by atomic mass is 32.1. The van der Waals surface area contributed by atoms with Crippen LogP contribution in [0.15, 0.2) is 11.6 Å². The number of carbonyl (C=O) groups excluding carboxylic acids is 1. The summed E-state index contributed by atoms with van der Waals surface area (Å²) in [5, 5.41) is 3.07. The summed E-state index contributed by atoms with van der Waals surface area (Å²) >= 11 is 1.66. The van der Waals surface area contributed by atoms with E-state index in [9.17, 15) is 4.79 Å². The van der Waals surface area contributed by atoms with Gasteiger partial charge in [0.05, 0.1) is 12.1 Å². The third kappa shape index (κ3) is 3.51. The standard InChI is InChI=1S/C17H26N2O2S/c1-2-15(21-13-7-3-4-8-13)17(20)19-11-6-5-9-14(19)16-18-10-12-22-16/h10,12-15H,2-9,11H2,1H3/t14-,15+/m1/s1. The molecule has 3 rings (SSSR count). The third-order valence-corrected chi connectivity index (χ3v) is 5.70. The number of piperidine rings is 1. The maximum atomic E-state index is 13.0. The highest BCUT2D eigenvalue weighted by Gasteiger charge is 2.34. The summed E-state index contributed by atoms with van der Waals surface area (Å²) in [6, 6.07) is 0.155. The van der Waals surface area contributed by atoms with Gasteiger partial charge in [-0.3, -0.25) is 4.79 Å². The highest BCUT2D eigenvalue weighted by molar-refractivity contribution is 7.09. The molecule has 22 heavy (non-hydrogen) atoms. The molecule has 1 aromatic heterocycles. The van der Waals surface area contributed by atoms with Gasteiger partial charge in [0.25, 0.3) is 5.91 Å². The molecule has 0 aromatic carbocycles. The van der Waals surface area contributed by atoms with Crippen molar-refractivity contribution >= 4 is 17.2 Å². The molecule has 122 valence electrons. The van der Waals surface area contributed by atoms with Gasteiger partial charge < -0.3 is 9.64 Å². The van der Waals surface area contributed by atoms with Crippen LogP contribution in [0.25, 0.3) is 0 Å². The van der Waals surface area contributed by atoms with Gasteiger partial charge in [0.1, 0.15) is 11.1 Å². The van der Waals surface area contributed by atoms with E-state index in [1.54, 1.807) is 11.3 Å². The average molecular weight is 322 g/mol. The molecule has 0 spiro atoms. The molecule has 0 unspecified atom stereocenters. The molecule has 1 amide bonds. The van der Waals surface area contributed by atoms with Crippen molar-refractivity contribution in [3.8, 4) is 0 Å². The summed E-state index contributed by atoms with van der Waals surface area (Å²) in [6.45, 7) is 2.90. The third-order valence-electron chi connectivity index (χ3n) is 4.83. The van der Waals surface area contributed by atoms with E-state index in [-0.39, 0.29) is 24.2 Å². The number of hydrogen-bond donors (Lipinski definition) is 0. The van der Waals surface area contributed by atoms with Gasteiger partial charge in [-0.25, -0.2) is 4.98 Å². The van der Waals surface area contributed by atoms with Crippen molar-refractivity contribution in [2.45, 2.75) is 76.5 Å².